The van der Waals surface area contributed by atoms with E-state index in [0.29, 0.717) is 31.4 Å². The summed E-state index contributed by atoms with van der Waals surface area (Å²) in [6, 6.07) is 0. The Bertz CT molecular complexity index is 441. The second kappa shape index (κ2) is 7.04. The van der Waals surface area contributed by atoms with Crippen molar-refractivity contribution >= 4 is 5.91 Å². The predicted octanol–water partition coefficient (Wildman–Crippen LogP) is 0.110. The first-order chi connectivity index (χ1) is 9.76. The summed E-state index contributed by atoms with van der Waals surface area (Å²) in [5, 5.41) is 6.10. The van der Waals surface area contributed by atoms with E-state index in [1.807, 2.05) is 0 Å². The van der Waals surface area contributed by atoms with Crippen molar-refractivity contribution in [3.05, 3.63) is 11.9 Å². The molecule has 1 fully saturated rings. The van der Waals surface area contributed by atoms with Gasteiger partial charge in [-0.25, -0.2) is 9.97 Å². The van der Waals surface area contributed by atoms with E-state index in [1.54, 1.807) is 14.2 Å². The number of hydrogen-bond acceptors (Lipinski definition) is 6. The van der Waals surface area contributed by atoms with Crippen molar-refractivity contribution in [2.24, 2.45) is 5.92 Å². The van der Waals surface area contributed by atoms with Crippen molar-refractivity contribution in [3.8, 4) is 11.8 Å². The zero-order valence-electron chi connectivity index (χ0n) is 11.8. The number of hydrogen-bond donors (Lipinski definition) is 2. The number of rotatable bonds is 8. The Kier molecular flexibility index (Phi) is 5.11. The number of carbonyl (C=O) groups is 1. The Labute approximate surface area is 118 Å². The molecule has 20 heavy (non-hydrogen) atoms. The van der Waals surface area contributed by atoms with Crippen molar-refractivity contribution in [1.29, 1.82) is 0 Å². The second-order valence-corrected chi connectivity index (χ2v) is 4.61. The van der Waals surface area contributed by atoms with E-state index in [1.165, 1.54) is 6.33 Å². The molecular weight excluding hydrogens is 260 g/mol. The SMILES string of the molecule is COc1ncnc(OC)c1CNCCNC(=O)C1CC1. The van der Waals surface area contributed by atoms with Crippen LogP contribution in [0.15, 0.2) is 6.33 Å². The standard InChI is InChI=1S/C13H20N4O3/c1-19-12-10(13(20-2)17-8-16-12)7-14-5-6-15-11(18)9-3-4-9/h8-9,14H,3-7H2,1-2H3,(H,15,18). The van der Waals surface area contributed by atoms with Gasteiger partial charge in [0.1, 0.15) is 6.33 Å². The summed E-state index contributed by atoms with van der Waals surface area (Å²) < 4.78 is 10.4. The first-order valence-corrected chi connectivity index (χ1v) is 6.66. The largest absolute Gasteiger partial charge is 0.481 e. The van der Waals surface area contributed by atoms with Gasteiger partial charge in [-0.05, 0) is 12.8 Å². The van der Waals surface area contributed by atoms with Crippen molar-refractivity contribution in [3.63, 3.8) is 0 Å². The van der Waals surface area contributed by atoms with Gasteiger partial charge in [0.15, 0.2) is 0 Å². The molecule has 2 rings (SSSR count). The molecule has 110 valence electrons. The number of nitrogens with one attached hydrogen (secondary N) is 2. The minimum Gasteiger partial charge on any atom is -0.481 e. The zero-order valence-corrected chi connectivity index (χ0v) is 11.8. The summed E-state index contributed by atoms with van der Waals surface area (Å²) in [6.45, 7) is 1.79. The number of methoxy groups -OCH3 is 2. The molecule has 1 amide bonds. The van der Waals surface area contributed by atoms with E-state index in [0.717, 1.165) is 18.4 Å². The van der Waals surface area contributed by atoms with Crippen LogP contribution >= 0.6 is 0 Å². The highest BCUT2D eigenvalue weighted by molar-refractivity contribution is 5.80. The molecule has 1 aliphatic carbocycles. The maximum absolute atomic E-state index is 11.4. The van der Waals surface area contributed by atoms with Crippen LogP contribution in [0.5, 0.6) is 11.8 Å². The van der Waals surface area contributed by atoms with Crippen LogP contribution in [0.25, 0.3) is 0 Å². The van der Waals surface area contributed by atoms with Crippen LogP contribution in [0.1, 0.15) is 18.4 Å². The van der Waals surface area contributed by atoms with E-state index < -0.39 is 0 Å². The molecule has 0 atom stereocenters. The first kappa shape index (κ1) is 14.5. The highest BCUT2D eigenvalue weighted by atomic mass is 16.5. The van der Waals surface area contributed by atoms with Gasteiger partial charge in [0.2, 0.25) is 17.7 Å². The number of amides is 1. The summed E-state index contributed by atoms with van der Waals surface area (Å²) in [5.41, 5.74) is 0.769. The number of aromatic nitrogens is 2. The molecule has 0 aliphatic heterocycles. The van der Waals surface area contributed by atoms with Gasteiger partial charge >= 0.3 is 0 Å². The van der Waals surface area contributed by atoms with E-state index in [9.17, 15) is 4.79 Å². The molecule has 2 N–H and O–H groups in total. The third-order valence-electron chi connectivity index (χ3n) is 3.10. The Morgan fingerprint density at radius 1 is 1.25 bits per heavy atom. The maximum atomic E-state index is 11.4. The first-order valence-electron chi connectivity index (χ1n) is 6.66. The third kappa shape index (κ3) is 3.80. The molecule has 0 unspecified atom stereocenters. The molecule has 1 aliphatic rings. The van der Waals surface area contributed by atoms with E-state index >= 15 is 0 Å². The smallest absolute Gasteiger partial charge is 0.224 e. The summed E-state index contributed by atoms with van der Waals surface area (Å²) in [6.07, 6.45) is 3.45. The van der Waals surface area contributed by atoms with E-state index in [-0.39, 0.29) is 11.8 Å². The molecule has 1 heterocycles. The molecule has 0 spiro atoms. The molecule has 7 heteroatoms. The third-order valence-corrected chi connectivity index (χ3v) is 3.10. The molecular formula is C13H20N4O3. The zero-order chi connectivity index (χ0) is 14.4. The maximum Gasteiger partial charge on any atom is 0.224 e. The lowest BCUT2D eigenvalue weighted by Crippen LogP contribution is -2.32. The second-order valence-electron chi connectivity index (χ2n) is 4.61. The van der Waals surface area contributed by atoms with Gasteiger partial charge in [-0.15, -0.1) is 0 Å². The van der Waals surface area contributed by atoms with Crippen LogP contribution in [-0.4, -0.2) is 43.2 Å². The Balaban J connectivity index is 1.76. The average molecular weight is 280 g/mol. The Morgan fingerprint density at radius 3 is 2.45 bits per heavy atom. The normalized spacial score (nSPS) is 13.9. The Hall–Kier alpha value is -1.89. The molecule has 0 saturated heterocycles. The topological polar surface area (TPSA) is 85.4 Å². The lowest BCUT2D eigenvalue weighted by atomic mass is 10.3. The molecule has 1 aromatic heterocycles. The van der Waals surface area contributed by atoms with Gasteiger partial charge in [-0.1, -0.05) is 0 Å². The lowest BCUT2D eigenvalue weighted by Gasteiger charge is -2.11. The lowest BCUT2D eigenvalue weighted by molar-refractivity contribution is -0.122. The average Bonchev–Trinajstić information content (AvgIpc) is 3.31. The fourth-order valence-electron chi connectivity index (χ4n) is 1.86. The summed E-state index contributed by atoms with van der Waals surface area (Å²) in [4.78, 5) is 19.5. The van der Waals surface area contributed by atoms with Crippen LogP contribution in [-0.2, 0) is 11.3 Å². The van der Waals surface area contributed by atoms with Crippen LogP contribution in [0.2, 0.25) is 0 Å². The fourth-order valence-corrected chi connectivity index (χ4v) is 1.86. The quantitative estimate of drug-likeness (QED) is 0.657. The van der Waals surface area contributed by atoms with Crippen LogP contribution < -0.4 is 20.1 Å². The van der Waals surface area contributed by atoms with Crippen LogP contribution in [0, 0.1) is 5.92 Å². The van der Waals surface area contributed by atoms with Gasteiger partial charge in [0.05, 0.1) is 19.8 Å². The van der Waals surface area contributed by atoms with Gasteiger partial charge in [-0.2, -0.15) is 0 Å². The Morgan fingerprint density at radius 2 is 1.90 bits per heavy atom. The number of nitrogens with zero attached hydrogens (tertiary/aromatic N) is 2. The number of carbonyl (C=O) groups excluding carboxylic acids is 1. The number of ether oxygens (including phenoxy) is 2. The van der Waals surface area contributed by atoms with E-state index in [4.69, 9.17) is 9.47 Å². The minimum absolute atomic E-state index is 0.157. The minimum atomic E-state index is 0.157. The highest BCUT2D eigenvalue weighted by Crippen LogP contribution is 2.28. The molecule has 0 bridgehead atoms. The van der Waals surface area contributed by atoms with Crippen LogP contribution in [0.3, 0.4) is 0 Å². The van der Waals surface area contributed by atoms with Crippen molar-refractivity contribution in [2.75, 3.05) is 27.3 Å². The summed E-state index contributed by atoms with van der Waals surface area (Å²) in [7, 11) is 3.11. The fraction of sp³-hybridized carbons (Fsp3) is 0.615. The monoisotopic (exact) mass is 280 g/mol. The molecule has 0 aromatic carbocycles. The molecule has 7 nitrogen and oxygen atoms in total. The van der Waals surface area contributed by atoms with Crippen molar-refractivity contribution in [2.45, 2.75) is 19.4 Å². The van der Waals surface area contributed by atoms with Crippen molar-refractivity contribution in [1.82, 2.24) is 20.6 Å². The molecule has 0 radical (unpaired) electrons. The van der Waals surface area contributed by atoms with E-state index in [2.05, 4.69) is 20.6 Å². The highest BCUT2D eigenvalue weighted by Gasteiger charge is 2.28. The van der Waals surface area contributed by atoms with Gasteiger partial charge in [0.25, 0.3) is 0 Å². The summed E-state index contributed by atoms with van der Waals surface area (Å²) >= 11 is 0. The van der Waals surface area contributed by atoms with Gasteiger partial charge in [-0.3, -0.25) is 4.79 Å². The molecule has 1 aromatic rings. The summed E-state index contributed by atoms with van der Waals surface area (Å²) in [5.74, 6) is 1.39. The van der Waals surface area contributed by atoms with Gasteiger partial charge < -0.3 is 20.1 Å². The molecule has 1 saturated carbocycles. The van der Waals surface area contributed by atoms with Gasteiger partial charge in [0, 0.05) is 25.6 Å². The predicted molar refractivity (Wildman–Crippen MR) is 72.6 cm³/mol. The van der Waals surface area contributed by atoms with Crippen molar-refractivity contribution < 1.29 is 14.3 Å². The van der Waals surface area contributed by atoms with Crippen LogP contribution in [0.4, 0.5) is 0 Å².